The van der Waals surface area contributed by atoms with Gasteiger partial charge in [-0.3, -0.25) is 24.7 Å². The Hall–Kier alpha value is -6.91. The van der Waals surface area contributed by atoms with Crippen LogP contribution in [-0.4, -0.2) is 126 Å². The number of aromatic nitrogens is 2. The van der Waals surface area contributed by atoms with Gasteiger partial charge in [-0.25, -0.2) is 21.9 Å². The highest BCUT2D eigenvalue weighted by Crippen LogP contribution is 2.54. The fourth-order valence-corrected chi connectivity index (χ4v) is 15.1. The van der Waals surface area contributed by atoms with E-state index in [-0.39, 0.29) is 59.7 Å². The van der Waals surface area contributed by atoms with Gasteiger partial charge in [-0.2, -0.15) is 4.98 Å². The number of sulfonamides is 1. The lowest BCUT2D eigenvalue weighted by atomic mass is 9.59. The minimum Gasteiger partial charge on any atom is -0.489 e. The first kappa shape index (κ1) is 53.4. The summed E-state index contributed by atoms with van der Waals surface area (Å²) in [5, 5.41) is 27.3. The number of piperazine rings is 1. The number of hydrogen-bond donors (Lipinski definition) is 4. The van der Waals surface area contributed by atoms with Crippen LogP contribution in [0.3, 0.4) is 0 Å². The Morgan fingerprint density at radius 2 is 1.73 bits per heavy atom. The molecule has 18 nitrogen and oxygen atoms in total. The lowest BCUT2D eigenvalue weighted by Crippen LogP contribution is -2.59. The summed E-state index contributed by atoms with van der Waals surface area (Å²) >= 11 is 0. The number of nitro benzene ring substituents is 1. The molecule has 0 unspecified atom stereocenters. The van der Waals surface area contributed by atoms with Gasteiger partial charge in [-0.15, -0.1) is 0 Å². The van der Waals surface area contributed by atoms with E-state index in [2.05, 4.69) is 60.9 Å². The molecule has 13 rings (SSSR count). The number of benzene rings is 4. The van der Waals surface area contributed by atoms with Gasteiger partial charge in [0.2, 0.25) is 5.88 Å². The second-order valence-corrected chi connectivity index (χ2v) is 25.6. The highest BCUT2D eigenvalue weighted by molar-refractivity contribution is 7.90. The minimum atomic E-state index is -4.75. The van der Waals surface area contributed by atoms with E-state index >= 15 is 0 Å². The molecule has 4 atom stereocenters. The van der Waals surface area contributed by atoms with Gasteiger partial charge in [0, 0.05) is 87.4 Å². The van der Waals surface area contributed by atoms with E-state index in [4.69, 9.17) is 19.2 Å². The molecular formula is C60H67F2N9O9S. The van der Waals surface area contributed by atoms with Crippen molar-refractivity contribution in [2.24, 2.45) is 11.3 Å². The monoisotopic (exact) mass is 1130 g/mol. The van der Waals surface area contributed by atoms with Crippen molar-refractivity contribution in [1.29, 1.82) is 0 Å². The number of anilines is 4. The quantitative estimate of drug-likeness (QED) is 0.0704. The summed E-state index contributed by atoms with van der Waals surface area (Å²) in [4.78, 5) is 43.8. The summed E-state index contributed by atoms with van der Waals surface area (Å²) in [6.07, 6.45) is 8.45. The van der Waals surface area contributed by atoms with Crippen LogP contribution < -0.4 is 29.3 Å². The van der Waals surface area contributed by atoms with Crippen molar-refractivity contribution in [3.63, 3.8) is 0 Å². The lowest BCUT2D eigenvalue weighted by Gasteiger charge is -2.58. The normalized spacial score (nSPS) is 25.9. The molecule has 6 aromatic rings. The van der Waals surface area contributed by atoms with Gasteiger partial charge in [0.25, 0.3) is 21.6 Å². The van der Waals surface area contributed by atoms with Gasteiger partial charge in [-0.05, 0) is 142 Å². The number of nitrogens with zero attached hydrogens (tertiary/aromatic N) is 6. The maximum absolute atomic E-state index is 14.9. The van der Waals surface area contributed by atoms with Crippen LogP contribution in [0.1, 0.15) is 97.8 Å². The highest BCUT2D eigenvalue weighted by atomic mass is 32.2. The van der Waals surface area contributed by atoms with Crippen molar-refractivity contribution in [2.75, 3.05) is 67.7 Å². The molecular weight excluding hydrogens is 1060 g/mol. The molecule has 1 spiro atoms. The van der Waals surface area contributed by atoms with Crippen LogP contribution in [0.4, 0.5) is 37.2 Å². The molecule has 21 heteroatoms. The van der Waals surface area contributed by atoms with Gasteiger partial charge in [0.05, 0.1) is 45.4 Å². The number of amides is 1. The number of aromatic amines is 1. The van der Waals surface area contributed by atoms with E-state index in [0.717, 1.165) is 81.1 Å². The van der Waals surface area contributed by atoms with Crippen molar-refractivity contribution in [2.45, 2.75) is 119 Å². The molecule has 1 amide bonds. The molecule has 81 heavy (non-hydrogen) atoms. The third-order valence-electron chi connectivity index (χ3n) is 18.7. The van der Waals surface area contributed by atoms with E-state index in [0.29, 0.717) is 74.2 Å². The summed E-state index contributed by atoms with van der Waals surface area (Å²) < 4.78 is 77.8. The zero-order valence-corrected chi connectivity index (χ0v) is 46.2. The van der Waals surface area contributed by atoms with Crippen LogP contribution in [0.15, 0.2) is 96.0 Å². The van der Waals surface area contributed by atoms with E-state index in [1.54, 1.807) is 25.3 Å². The molecule has 4 N–H and O–H groups in total. The molecule has 0 bridgehead atoms. The molecule has 2 aliphatic carbocycles. The predicted molar refractivity (Wildman–Crippen MR) is 301 cm³/mol. The fraction of sp³-hybridized carbons (Fsp3) is 0.467. The van der Waals surface area contributed by atoms with Crippen molar-refractivity contribution in [1.82, 2.24) is 24.5 Å². The van der Waals surface area contributed by atoms with Crippen LogP contribution in [0, 0.1) is 40.0 Å². The Bertz CT molecular complexity index is 3540. The van der Waals surface area contributed by atoms with Gasteiger partial charge in [-0.1, -0.05) is 30.3 Å². The number of nitrogens with one attached hydrogen (secondary N) is 3. The van der Waals surface area contributed by atoms with E-state index in [9.17, 15) is 37.2 Å². The molecule has 5 aliphatic heterocycles. The Morgan fingerprint density at radius 3 is 2.51 bits per heavy atom. The molecule has 7 aliphatic rings. The summed E-state index contributed by atoms with van der Waals surface area (Å²) in [7, 11) is -4.75. The molecule has 2 saturated carbocycles. The smallest absolute Gasteiger partial charge is 0.297 e. The SMILES string of the molecule is Cc1ccccc1[C@@H]1CN(Cc2ccc(F)c(F)c2)CCN1C1CC2(CCN(c3ccc(C(=O)NS(=O)(=O)c4cc5c(c([N+](=O)[O-])c4)N[C@@H](C4CCC(C)(O)CC4)CO5)c(N4c5cc6cc[nH]c6nc5O[C@H]5COCC[C@@H]54)c3)CC2)C1. The molecule has 5 fully saturated rings. The molecule has 2 aromatic heterocycles. The summed E-state index contributed by atoms with van der Waals surface area (Å²) in [6.45, 7) is 9.30. The van der Waals surface area contributed by atoms with Crippen molar-refractivity contribution in [3.05, 3.63) is 135 Å². The second kappa shape index (κ2) is 20.8. The number of ether oxygens (including phenoxy) is 3. The van der Waals surface area contributed by atoms with E-state index in [1.165, 1.54) is 29.3 Å². The van der Waals surface area contributed by atoms with Crippen molar-refractivity contribution >= 4 is 55.4 Å². The predicted octanol–water partition coefficient (Wildman–Crippen LogP) is 9.29. The summed E-state index contributed by atoms with van der Waals surface area (Å²) in [6, 6.07) is 24.2. The number of nitro groups is 1. The van der Waals surface area contributed by atoms with E-state index in [1.807, 2.05) is 29.2 Å². The molecule has 426 valence electrons. The van der Waals surface area contributed by atoms with Crippen LogP contribution in [0.2, 0.25) is 0 Å². The van der Waals surface area contributed by atoms with Crippen LogP contribution in [-0.2, 0) is 21.3 Å². The summed E-state index contributed by atoms with van der Waals surface area (Å²) in [5.74, 6) is -2.19. The molecule has 7 heterocycles. The number of pyridine rings is 1. The molecule has 3 saturated heterocycles. The zero-order valence-electron chi connectivity index (χ0n) is 45.4. The standard InChI is InChI=1S/C60H67F2N9O9S/c1-36-5-3-4-6-43(36)52-33-67(32-37-7-10-45(61)46(62)25-37)22-23-69(52)41-30-60(31-41)17-20-68(21-18-60)40-8-9-44(49(27-40)70-48-14-24-78-35-54(48)80-58-51(70)26-39-13-19-63-56(39)65-58)57(72)66-81(76,77)42-28-50(71(74)75)55-53(29-42)79-34-47(64-55)38-11-15-59(2,73)16-12-38/h3-10,13,19,25-29,38,41,47-48,52,54,64,73H,11-12,14-18,20-24,30-35H2,1-2H3,(H,63,65)(H,66,72)/t38?,47-,48+,52+,54+,59?/m1/s1. The fourth-order valence-electron chi connectivity index (χ4n) is 14.1. The van der Waals surface area contributed by atoms with Gasteiger partial charge in [0.1, 0.15) is 24.0 Å². The highest BCUT2D eigenvalue weighted by Gasteiger charge is 2.51. The Kier molecular flexibility index (Phi) is 13.7. The number of fused-ring (bicyclic) bond motifs is 4. The number of carbonyl (C=O) groups is 1. The Morgan fingerprint density at radius 1 is 0.926 bits per heavy atom. The van der Waals surface area contributed by atoms with Crippen molar-refractivity contribution < 1.29 is 46.2 Å². The van der Waals surface area contributed by atoms with Crippen molar-refractivity contribution in [3.8, 4) is 11.6 Å². The molecule has 0 radical (unpaired) electrons. The third kappa shape index (κ3) is 10.2. The Balaban J connectivity index is 0.767. The zero-order chi connectivity index (χ0) is 56.0. The number of carbonyl (C=O) groups excluding carboxylic acids is 1. The third-order valence-corrected chi connectivity index (χ3v) is 20.1. The van der Waals surface area contributed by atoms with Gasteiger partial charge in [0.15, 0.2) is 23.1 Å². The number of aryl methyl sites for hydroxylation is 1. The summed E-state index contributed by atoms with van der Waals surface area (Å²) in [5.41, 5.74) is 4.83. The van der Waals surface area contributed by atoms with Gasteiger partial charge >= 0.3 is 0 Å². The molecule has 4 aromatic carbocycles. The first-order chi connectivity index (χ1) is 39.0. The maximum atomic E-state index is 14.9. The number of H-pyrrole nitrogens is 1. The first-order valence-electron chi connectivity index (χ1n) is 28.4. The maximum Gasteiger partial charge on any atom is 0.297 e. The number of rotatable bonds is 11. The number of halogens is 2. The van der Waals surface area contributed by atoms with Crippen LogP contribution in [0.25, 0.3) is 11.0 Å². The van der Waals surface area contributed by atoms with Gasteiger partial charge < -0.3 is 39.4 Å². The largest absolute Gasteiger partial charge is 0.489 e. The average molecular weight is 1130 g/mol. The average Bonchev–Trinajstić information content (AvgIpc) is 4.09. The van der Waals surface area contributed by atoms with Crippen LogP contribution >= 0.6 is 0 Å². The minimum absolute atomic E-state index is 0.00937. The van der Waals surface area contributed by atoms with Crippen LogP contribution in [0.5, 0.6) is 11.6 Å². The first-order valence-corrected chi connectivity index (χ1v) is 29.9. The lowest BCUT2D eigenvalue weighted by molar-refractivity contribution is -0.384. The number of piperidine rings is 1. The second-order valence-electron chi connectivity index (χ2n) is 23.9. The Labute approximate surface area is 468 Å². The number of aliphatic hydroxyl groups is 1. The van der Waals surface area contributed by atoms with E-state index < -0.39 is 54.8 Å². The topological polar surface area (TPSA) is 208 Å². The number of hydrogen-bond acceptors (Lipinski definition) is 15.